The summed E-state index contributed by atoms with van der Waals surface area (Å²) in [5.41, 5.74) is -0.973. The molecule has 0 unspecified atom stereocenters. The van der Waals surface area contributed by atoms with Crippen molar-refractivity contribution in [2.75, 3.05) is 12.0 Å². The molecule has 1 aromatic rings. The average Bonchev–Trinajstić information content (AvgIpc) is 2.73. The van der Waals surface area contributed by atoms with Crippen LogP contribution in [0.25, 0.3) is 0 Å². The number of halogens is 1. The van der Waals surface area contributed by atoms with Gasteiger partial charge < -0.3 is 9.47 Å². The summed E-state index contributed by atoms with van der Waals surface area (Å²) in [6.45, 7) is 0. The van der Waals surface area contributed by atoms with Gasteiger partial charge in [-0.3, -0.25) is 14.5 Å². The van der Waals surface area contributed by atoms with Crippen molar-refractivity contribution >= 4 is 40.9 Å². The Kier molecular flexibility index (Phi) is 2.80. The molecule has 0 aliphatic carbocycles. The van der Waals surface area contributed by atoms with Gasteiger partial charge in [-0.25, -0.2) is 9.59 Å². The number of rotatable bonds is 1. The summed E-state index contributed by atoms with van der Waals surface area (Å²) in [6, 6.07) is 4.21. The zero-order chi connectivity index (χ0) is 15.3. The molecule has 8 heteroatoms. The molecule has 106 valence electrons. The zero-order valence-corrected chi connectivity index (χ0v) is 11.3. The molecule has 21 heavy (non-hydrogen) atoms. The van der Waals surface area contributed by atoms with Gasteiger partial charge in [0, 0.05) is 5.02 Å². The van der Waals surface area contributed by atoms with Crippen LogP contribution in [0.3, 0.4) is 0 Å². The summed E-state index contributed by atoms with van der Waals surface area (Å²) in [7, 11) is 1.04. The van der Waals surface area contributed by atoms with Gasteiger partial charge in [-0.15, -0.1) is 0 Å². The van der Waals surface area contributed by atoms with Crippen LogP contribution < -0.4 is 9.64 Å². The lowest BCUT2D eigenvalue weighted by molar-refractivity contribution is -0.140. The second-order valence-corrected chi connectivity index (χ2v) is 4.62. The number of nitrogens with zero attached hydrogens (tertiary/aromatic N) is 1. The maximum absolute atomic E-state index is 12.1. The van der Waals surface area contributed by atoms with E-state index in [9.17, 15) is 19.2 Å². The van der Waals surface area contributed by atoms with E-state index in [4.69, 9.17) is 16.3 Å². The SMILES string of the molecule is COC(=O)C1=C2C(=O)Oc3ccc(Cl)cc3N2C(=O)C1=O. The molecule has 2 aliphatic heterocycles. The van der Waals surface area contributed by atoms with Gasteiger partial charge in [-0.05, 0) is 18.2 Å². The first kappa shape index (κ1) is 13.3. The third kappa shape index (κ3) is 1.74. The van der Waals surface area contributed by atoms with Crippen molar-refractivity contribution in [3.63, 3.8) is 0 Å². The van der Waals surface area contributed by atoms with Gasteiger partial charge in [-0.1, -0.05) is 11.6 Å². The summed E-state index contributed by atoms with van der Waals surface area (Å²) in [5, 5.41) is 0.276. The molecular formula is C13H6ClNO6. The third-order valence-electron chi connectivity index (χ3n) is 3.03. The molecule has 2 aliphatic rings. The maximum atomic E-state index is 12.1. The van der Waals surface area contributed by atoms with E-state index in [1.54, 1.807) is 0 Å². The second-order valence-electron chi connectivity index (χ2n) is 4.19. The van der Waals surface area contributed by atoms with Crippen molar-refractivity contribution in [3.05, 3.63) is 34.5 Å². The van der Waals surface area contributed by atoms with E-state index >= 15 is 0 Å². The molecule has 3 rings (SSSR count). The fourth-order valence-corrected chi connectivity index (χ4v) is 2.31. The number of Topliss-reactive ketones (excluding diaryl/α,β-unsaturated/α-hetero) is 1. The largest absolute Gasteiger partial charge is 0.465 e. The van der Waals surface area contributed by atoms with E-state index in [1.165, 1.54) is 18.2 Å². The number of carbonyl (C=O) groups is 4. The van der Waals surface area contributed by atoms with Crippen LogP contribution in [-0.4, -0.2) is 30.7 Å². The van der Waals surface area contributed by atoms with Gasteiger partial charge in [-0.2, -0.15) is 0 Å². The van der Waals surface area contributed by atoms with E-state index < -0.39 is 34.9 Å². The predicted octanol–water partition coefficient (Wildman–Crippen LogP) is 0.602. The van der Waals surface area contributed by atoms with E-state index in [0.29, 0.717) is 0 Å². The molecule has 1 aromatic carbocycles. The fraction of sp³-hybridized carbons (Fsp3) is 0.0769. The molecule has 1 amide bonds. The normalized spacial score (nSPS) is 16.7. The molecule has 0 fully saturated rings. The smallest absolute Gasteiger partial charge is 0.361 e. The molecule has 0 spiro atoms. The molecule has 0 aromatic heterocycles. The minimum atomic E-state index is -1.12. The highest BCUT2D eigenvalue weighted by atomic mass is 35.5. The molecule has 2 heterocycles. The molecule has 0 saturated heterocycles. The maximum Gasteiger partial charge on any atom is 0.361 e. The van der Waals surface area contributed by atoms with Gasteiger partial charge in [0.2, 0.25) is 0 Å². The number of ketones is 1. The number of amides is 1. The van der Waals surface area contributed by atoms with Crippen LogP contribution >= 0.6 is 11.6 Å². The first-order valence-corrected chi connectivity index (χ1v) is 6.06. The van der Waals surface area contributed by atoms with E-state index in [2.05, 4.69) is 4.74 Å². The highest BCUT2D eigenvalue weighted by molar-refractivity contribution is 6.58. The Hall–Kier alpha value is -2.67. The monoisotopic (exact) mass is 307 g/mol. The number of ether oxygens (including phenoxy) is 2. The lowest BCUT2D eigenvalue weighted by Gasteiger charge is -2.26. The van der Waals surface area contributed by atoms with Gasteiger partial charge in [0.1, 0.15) is 5.57 Å². The average molecular weight is 308 g/mol. The van der Waals surface area contributed by atoms with Gasteiger partial charge in [0.25, 0.3) is 5.78 Å². The van der Waals surface area contributed by atoms with Crippen LogP contribution in [0.4, 0.5) is 5.69 Å². The van der Waals surface area contributed by atoms with Crippen molar-refractivity contribution in [2.24, 2.45) is 0 Å². The third-order valence-corrected chi connectivity index (χ3v) is 3.27. The van der Waals surface area contributed by atoms with Crippen LogP contribution in [-0.2, 0) is 23.9 Å². The Morgan fingerprint density at radius 3 is 2.67 bits per heavy atom. The summed E-state index contributed by atoms with van der Waals surface area (Å²) in [6.07, 6.45) is 0. The molecule has 0 N–H and O–H groups in total. The number of benzene rings is 1. The number of hydrogen-bond donors (Lipinski definition) is 0. The number of hydrogen-bond acceptors (Lipinski definition) is 6. The highest BCUT2D eigenvalue weighted by Gasteiger charge is 2.50. The molecule has 0 bridgehead atoms. The quantitative estimate of drug-likeness (QED) is 0.327. The zero-order valence-electron chi connectivity index (χ0n) is 10.5. The van der Waals surface area contributed by atoms with Crippen molar-refractivity contribution in [1.82, 2.24) is 0 Å². The Balaban J connectivity index is 2.28. The van der Waals surface area contributed by atoms with Crippen LogP contribution in [0.5, 0.6) is 5.75 Å². The minimum Gasteiger partial charge on any atom is -0.465 e. The number of carbonyl (C=O) groups excluding carboxylic acids is 4. The van der Waals surface area contributed by atoms with E-state index in [0.717, 1.165) is 12.0 Å². The van der Waals surface area contributed by atoms with Crippen LogP contribution in [0, 0.1) is 0 Å². The lowest BCUT2D eigenvalue weighted by Crippen LogP contribution is -2.36. The number of methoxy groups -OCH3 is 1. The molecule has 0 atom stereocenters. The summed E-state index contributed by atoms with van der Waals surface area (Å²) < 4.78 is 9.44. The number of anilines is 1. The predicted molar refractivity (Wildman–Crippen MR) is 68.6 cm³/mol. The van der Waals surface area contributed by atoms with Crippen LogP contribution in [0.1, 0.15) is 0 Å². The van der Waals surface area contributed by atoms with E-state index in [-0.39, 0.29) is 16.5 Å². The van der Waals surface area contributed by atoms with Crippen molar-refractivity contribution in [2.45, 2.75) is 0 Å². The molecular weight excluding hydrogens is 302 g/mol. The molecule has 0 saturated carbocycles. The lowest BCUT2D eigenvalue weighted by atomic mass is 10.1. The van der Waals surface area contributed by atoms with Gasteiger partial charge in [0.05, 0.1) is 12.8 Å². The first-order valence-electron chi connectivity index (χ1n) is 5.68. The molecule has 7 nitrogen and oxygen atoms in total. The van der Waals surface area contributed by atoms with Crippen molar-refractivity contribution in [3.8, 4) is 5.75 Å². The Morgan fingerprint density at radius 1 is 1.29 bits per heavy atom. The standard InChI is InChI=1S/C13H6ClNO6/c1-20-12(18)8-9-13(19)21-7-3-2-5(14)4-6(7)15(9)11(17)10(8)16/h2-4H,1H3. The number of esters is 2. The van der Waals surface area contributed by atoms with Gasteiger partial charge in [0.15, 0.2) is 11.4 Å². The first-order chi connectivity index (χ1) is 9.95. The molecule has 0 radical (unpaired) electrons. The van der Waals surface area contributed by atoms with Crippen LogP contribution in [0.2, 0.25) is 5.02 Å². The Bertz CT molecular complexity index is 766. The summed E-state index contributed by atoms with van der Waals surface area (Å²) in [5.74, 6) is -4.15. The topological polar surface area (TPSA) is 90.0 Å². The Morgan fingerprint density at radius 2 is 2.00 bits per heavy atom. The highest BCUT2D eigenvalue weighted by Crippen LogP contribution is 2.41. The second kappa shape index (κ2) is 4.42. The Labute approximate surface area is 122 Å². The van der Waals surface area contributed by atoms with Crippen molar-refractivity contribution < 1.29 is 28.7 Å². The summed E-state index contributed by atoms with van der Waals surface area (Å²) >= 11 is 5.84. The summed E-state index contributed by atoms with van der Waals surface area (Å²) in [4.78, 5) is 48.4. The van der Waals surface area contributed by atoms with Crippen molar-refractivity contribution in [1.29, 1.82) is 0 Å². The van der Waals surface area contributed by atoms with E-state index in [1.807, 2.05) is 0 Å². The van der Waals surface area contributed by atoms with Gasteiger partial charge >= 0.3 is 17.8 Å². The minimum absolute atomic E-state index is 0.0698. The van der Waals surface area contributed by atoms with Crippen LogP contribution in [0.15, 0.2) is 29.5 Å². The fourth-order valence-electron chi connectivity index (χ4n) is 2.14. The number of fused-ring (bicyclic) bond motifs is 3.